The number of allylic oxidation sites excluding steroid dienone is 1. The first kappa shape index (κ1) is 14.7. The van der Waals surface area contributed by atoms with Crippen molar-refractivity contribution in [2.24, 2.45) is 10.2 Å². The summed E-state index contributed by atoms with van der Waals surface area (Å²) in [4.78, 5) is 11.1. The van der Waals surface area contributed by atoms with Gasteiger partial charge in [-0.25, -0.2) is 4.79 Å². The number of aliphatic hydroxyl groups excluding tert-OH is 1. The Balaban J connectivity index is 3.14. The van der Waals surface area contributed by atoms with E-state index in [1.807, 2.05) is 0 Å². The number of ether oxygens (including phenoxy) is 1. The first-order valence-electron chi connectivity index (χ1n) is 4.91. The number of esters is 1. The van der Waals surface area contributed by atoms with E-state index in [0.717, 1.165) is 7.11 Å². The lowest BCUT2D eigenvalue weighted by atomic mass is 10.3. The number of halogens is 3. The second-order valence-corrected chi connectivity index (χ2v) is 3.22. The summed E-state index contributed by atoms with van der Waals surface area (Å²) in [5.41, 5.74) is -1.09. The number of hydrogen-bond donors (Lipinski definition) is 1. The Morgan fingerprint density at radius 1 is 1.26 bits per heavy atom. The van der Waals surface area contributed by atoms with Crippen LogP contribution in [-0.2, 0) is 9.53 Å². The van der Waals surface area contributed by atoms with E-state index in [4.69, 9.17) is 5.11 Å². The van der Waals surface area contributed by atoms with Gasteiger partial charge in [0, 0.05) is 0 Å². The molecule has 1 aromatic carbocycles. The van der Waals surface area contributed by atoms with Gasteiger partial charge in [0.25, 0.3) is 0 Å². The van der Waals surface area contributed by atoms with Gasteiger partial charge in [0.05, 0.1) is 12.8 Å². The van der Waals surface area contributed by atoms with E-state index in [-0.39, 0.29) is 5.69 Å². The number of carbonyl (C=O) groups excluding carboxylic acids is 1. The highest BCUT2D eigenvalue weighted by Gasteiger charge is 2.39. The largest absolute Gasteiger partial charge is 0.502 e. The van der Waals surface area contributed by atoms with Gasteiger partial charge in [-0.3, -0.25) is 0 Å². The minimum Gasteiger partial charge on any atom is -0.502 e. The fourth-order valence-corrected chi connectivity index (χ4v) is 1.02. The Bertz CT molecular complexity index is 510. The molecule has 0 aromatic heterocycles. The standard InChI is InChI=1S/C11H9F3N2O3/c1-19-10(18)8(9(17)11(12,13)14)16-15-7-5-3-2-4-6-7/h2-6,17H,1H3/b9-8-,16-15?. The van der Waals surface area contributed by atoms with Gasteiger partial charge in [0.15, 0.2) is 0 Å². The van der Waals surface area contributed by atoms with Crippen LogP contribution >= 0.6 is 0 Å². The molecule has 0 aliphatic heterocycles. The second-order valence-electron chi connectivity index (χ2n) is 3.22. The molecule has 0 unspecified atom stereocenters. The van der Waals surface area contributed by atoms with Crippen LogP contribution in [0.15, 0.2) is 52.0 Å². The maximum atomic E-state index is 12.3. The number of nitrogens with zero attached hydrogens (tertiary/aromatic N) is 2. The highest BCUT2D eigenvalue weighted by Crippen LogP contribution is 2.27. The molecule has 0 saturated heterocycles. The zero-order valence-corrected chi connectivity index (χ0v) is 9.68. The van der Waals surface area contributed by atoms with Crippen LogP contribution in [0.1, 0.15) is 0 Å². The Hall–Kier alpha value is -2.38. The molecular weight excluding hydrogens is 265 g/mol. The third-order valence-corrected chi connectivity index (χ3v) is 1.89. The van der Waals surface area contributed by atoms with Crippen molar-refractivity contribution in [1.82, 2.24) is 0 Å². The second kappa shape index (κ2) is 5.98. The molecule has 5 nitrogen and oxygen atoms in total. The zero-order chi connectivity index (χ0) is 14.5. The monoisotopic (exact) mass is 274 g/mol. The first-order valence-corrected chi connectivity index (χ1v) is 4.91. The molecule has 0 radical (unpaired) electrons. The normalized spacial score (nSPS) is 13.3. The van der Waals surface area contributed by atoms with Crippen molar-refractivity contribution in [1.29, 1.82) is 0 Å². The first-order chi connectivity index (χ1) is 8.86. The van der Waals surface area contributed by atoms with E-state index in [1.165, 1.54) is 12.1 Å². The van der Waals surface area contributed by atoms with Crippen molar-refractivity contribution in [2.45, 2.75) is 6.18 Å². The molecule has 1 rings (SSSR count). The van der Waals surface area contributed by atoms with E-state index >= 15 is 0 Å². The van der Waals surface area contributed by atoms with Gasteiger partial charge in [-0.2, -0.15) is 18.3 Å². The Morgan fingerprint density at radius 3 is 2.32 bits per heavy atom. The van der Waals surface area contributed by atoms with Gasteiger partial charge in [-0.1, -0.05) is 18.2 Å². The molecule has 0 aliphatic rings. The van der Waals surface area contributed by atoms with Gasteiger partial charge in [0.2, 0.25) is 11.5 Å². The molecule has 0 bridgehead atoms. The average molecular weight is 274 g/mol. The molecule has 1 aromatic rings. The highest BCUT2D eigenvalue weighted by atomic mass is 19.4. The van der Waals surface area contributed by atoms with Crippen LogP contribution in [0.3, 0.4) is 0 Å². The SMILES string of the molecule is COC(=O)/C(N=Nc1ccccc1)=C(/O)C(F)(F)F. The van der Waals surface area contributed by atoms with Crippen molar-refractivity contribution >= 4 is 11.7 Å². The predicted octanol–water partition coefficient (Wildman–Crippen LogP) is 3.28. The van der Waals surface area contributed by atoms with Gasteiger partial charge in [-0.05, 0) is 12.1 Å². The molecule has 102 valence electrons. The van der Waals surface area contributed by atoms with E-state index in [1.54, 1.807) is 18.2 Å². The molecule has 8 heteroatoms. The molecule has 0 saturated carbocycles. The average Bonchev–Trinajstić information content (AvgIpc) is 2.38. The maximum Gasteiger partial charge on any atom is 0.451 e. The summed E-state index contributed by atoms with van der Waals surface area (Å²) in [6, 6.07) is 7.76. The van der Waals surface area contributed by atoms with Crippen LogP contribution in [0, 0.1) is 0 Å². The Labute approximate surface area is 106 Å². The minimum atomic E-state index is -5.11. The van der Waals surface area contributed by atoms with Crippen LogP contribution in [0.25, 0.3) is 0 Å². The van der Waals surface area contributed by atoms with Crippen LogP contribution in [-0.4, -0.2) is 24.4 Å². The zero-order valence-electron chi connectivity index (χ0n) is 9.68. The molecule has 1 N–H and O–H groups in total. The molecule has 0 heterocycles. The summed E-state index contributed by atoms with van der Waals surface area (Å²) in [5, 5.41) is 15.4. The van der Waals surface area contributed by atoms with Gasteiger partial charge in [0.1, 0.15) is 0 Å². The van der Waals surface area contributed by atoms with Crippen LogP contribution in [0.2, 0.25) is 0 Å². The number of azo groups is 1. The molecular formula is C11H9F3N2O3. The third-order valence-electron chi connectivity index (χ3n) is 1.89. The van der Waals surface area contributed by atoms with E-state index < -0.39 is 23.6 Å². The third kappa shape index (κ3) is 4.09. The van der Waals surface area contributed by atoms with Crippen LogP contribution < -0.4 is 0 Å². The highest BCUT2D eigenvalue weighted by molar-refractivity contribution is 5.88. The summed E-state index contributed by atoms with van der Waals surface area (Å²) < 4.78 is 41.0. The Morgan fingerprint density at radius 2 is 1.84 bits per heavy atom. The quantitative estimate of drug-likeness (QED) is 0.398. The lowest BCUT2D eigenvalue weighted by Gasteiger charge is -2.07. The topological polar surface area (TPSA) is 71.2 Å². The number of benzene rings is 1. The smallest absolute Gasteiger partial charge is 0.451 e. The van der Waals surface area contributed by atoms with Crippen molar-refractivity contribution < 1.29 is 27.8 Å². The fraction of sp³-hybridized carbons (Fsp3) is 0.182. The van der Waals surface area contributed by atoms with Crippen molar-refractivity contribution in [2.75, 3.05) is 7.11 Å². The van der Waals surface area contributed by atoms with Gasteiger partial charge in [-0.15, -0.1) is 5.11 Å². The number of hydrogen-bond acceptors (Lipinski definition) is 5. The number of aliphatic hydroxyl groups is 1. The molecule has 0 spiro atoms. The van der Waals surface area contributed by atoms with E-state index in [2.05, 4.69) is 15.0 Å². The molecule has 0 aliphatic carbocycles. The van der Waals surface area contributed by atoms with Gasteiger partial charge >= 0.3 is 12.1 Å². The van der Waals surface area contributed by atoms with Crippen molar-refractivity contribution in [3.05, 3.63) is 41.8 Å². The summed E-state index contributed by atoms with van der Waals surface area (Å²) in [5.74, 6) is -3.59. The van der Waals surface area contributed by atoms with Crippen molar-refractivity contribution in [3.63, 3.8) is 0 Å². The molecule has 19 heavy (non-hydrogen) atoms. The lowest BCUT2D eigenvalue weighted by molar-refractivity contribution is -0.141. The predicted molar refractivity (Wildman–Crippen MR) is 58.7 cm³/mol. The summed E-state index contributed by atoms with van der Waals surface area (Å²) >= 11 is 0. The lowest BCUT2D eigenvalue weighted by Crippen LogP contribution is -2.17. The molecule has 0 fully saturated rings. The van der Waals surface area contributed by atoms with E-state index in [9.17, 15) is 18.0 Å². The number of alkyl halides is 3. The van der Waals surface area contributed by atoms with E-state index in [0.29, 0.717) is 0 Å². The number of carbonyl (C=O) groups is 1. The van der Waals surface area contributed by atoms with Crippen molar-refractivity contribution in [3.8, 4) is 0 Å². The number of rotatable bonds is 3. The summed E-state index contributed by atoms with van der Waals surface area (Å²) in [6.07, 6.45) is -5.11. The molecule has 0 atom stereocenters. The maximum absolute atomic E-state index is 12.3. The summed E-state index contributed by atoms with van der Waals surface area (Å²) in [6.45, 7) is 0. The Kier molecular flexibility index (Phi) is 4.62. The molecule has 0 amide bonds. The minimum absolute atomic E-state index is 0.221. The summed E-state index contributed by atoms with van der Waals surface area (Å²) in [7, 11) is 0.865. The fourth-order valence-electron chi connectivity index (χ4n) is 1.02. The van der Waals surface area contributed by atoms with Crippen LogP contribution in [0.5, 0.6) is 0 Å². The van der Waals surface area contributed by atoms with Gasteiger partial charge < -0.3 is 9.84 Å². The number of methoxy groups -OCH3 is 1. The van der Waals surface area contributed by atoms with Crippen LogP contribution in [0.4, 0.5) is 18.9 Å².